The standard InChI is InChI=1S/C16H28N4O/c1-3-8-13-11-14(20-17)19-16(18-13)15(21-4-2)12-9-6-5-7-10-12/h11-12,15H,3-10,17H2,1-2H3,(H,18,19,20). The second kappa shape index (κ2) is 8.29. The smallest absolute Gasteiger partial charge is 0.160 e. The predicted octanol–water partition coefficient (Wildman–Crippen LogP) is 3.37. The largest absolute Gasteiger partial charge is 0.370 e. The summed E-state index contributed by atoms with van der Waals surface area (Å²) in [6.45, 7) is 4.88. The first-order valence-corrected chi connectivity index (χ1v) is 8.24. The van der Waals surface area contributed by atoms with Crippen LogP contribution in [0.5, 0.6) is 0 Å². The molecule has 5 heteroatoms. The minimum absolute atomic E-state index is 0.000735. The van der Waals surface area contributed by atoms with Crippen molar-refractivity contribution in [3.63, 3.8) is 0 Å². The highest BCUT2D eigenvalue weighted by molar-refractivity contribution is 5.35. The number of nitrogens with zero attached hydrogens (tertiary/aromatic N) is 2. The molecule has 0 saturated heterocycles. The van der Waals surface area contributed by atoms with Crippen molar-refractivity contribution in [2.24, 2.45) is 11.8 Å². The highest BCUT2D eigenvalue weighted by atomic mass is 16.5. The number of nitrogens with two attached hydrogens (primary N) is 1. The summed E-state index contributed by atoms with van der Waals surface area (Å²) in [6.07, 6.45) is 8.31. The summed E-state index contributed by atoms with van der Waals surface area (Å²) in [6, 6.07) is 1.93. The highest BCUT2D eigenvalue weighted by Crippen LogP contribution is 2.36. The minimum atomic E-state index is -0.000735. The van der Waals surface area contributed by atoms with Crippen molar-refractivity contribution in [3.8, 4) is 0 Å². The maximum Gasteiger partial charge on any atom is 0.160 e. The van der Waals surface area contributed by atoms with Gasteiger partial charge < -0.3 is 10.2 Å². The van der Waals surface area contributed by atoms with Crippen molar-refractivity contribution in [3.05, 3.63) is 17.6 Å². The predicted molar refractivity (Wildman–Crippen MR) is 84.8 cm³/mol. The number of nitrogens with one attached hydrogen (secondary N) is 1. The molecule has 1 fully saturated rings. The number of hydrogen-bond donors (Lipinski definition) is 2. The van der Waals surface area contributed by atoms with E-state index in [9.17, 15) is 0 Å². The number of hydrazine groups is 1. The van der Waals surface area contributed by atoms with Crippen LogP contribution in [0.2, 0.25) is 0 Å². The zero-order valence-corrected chi connectivity index (χ0v) is 13.3. The van der Waals surface area contributed by atoms with Gasteiger partial charge in [0.25, 0.3) is 0 Å². The Morgan fingerprint density at radius 3 is 2.67 bits per heavy atom. The lowest BCUT2D eigenvalue weighted by Gasteiger charge is -2.29. The molecule has 1 aliphatic carbocycles. The molecule has 0 radical (unpaired) electrons. The Morgan fingerprint density at radius 2 is 2.05 bits per heavy atom. The molecule has 2 rings (SSSR count). The lowest BCUT2D eigenvalue weighted by molar-refractivity contribution is -0.000231. The molecule has 1 aromatic heterocycles. The normalized spacial score (nSPS) is 17.7. The summed E-state index contributed by atoms with van der Waals surface area (Å²) in [7, 11) is 0. The van der Waals surface area contributed by atoms with Gasteiger partial charge in [-0.15, -0.1) is 0 Å². The molecule has 1 atom stereocenters. The van der Waals surface area contributed by atoms with Crippen LogP contribution in [0.4, 0.5) is 5.82 Å². The van der Waals surface area contributed by atoms with Gasteiger partial charge in [-0.25, -0.2) is 15.8 Å². The fraction of sp³-hybridized carbons (Fsp3) is 0.750. The minimum Gasteiger partial charge on any atom is -0.370 e. The number of anilines is 1. The summed E-state index contributed by atoms with van der Waals surface area (Å²) in [5.41, 5.74) is 3.70. The van der Waals surface area contributed by atoms with E-state index >= 15 is 0 Å². The summed E-state index contributed by atoms with van der Waals surface area (Å²) in [5, 5.41) is 0. The number of rotatable bonds is 7. The molecule has 0 aromatic carbocycles. The Kier molecular flexibility index (Phi) is 6.39. The van der Waals surface area contributed by atoms with Crippen molar-refractivity contribution >= 4 is 5.82 Å². The third kappa shape index (κ3) is 4.38. The zero-order valence-electron chi connectivity index (χ0n) is 13.3. The molecule has 1 unspecified atom stereocenters. The van der Waals surface area contributed by atoms with Crippen molar-refractivity contribution in [2.45, 2.75) is 64.9 Å². The van der Waals surface area contributed by atoms with Crippen LogP contribution in [0.15, 0.2) is 6.07 Å². The topological polar surface area (TPSA) is 73.1 Å². The first kappa shape index (κ1) is 16.2. The van der Waals surface area contributed by atoms with Crippen molar-refractivity contribution in [1.82, 2.24) is 9.97 Å². The summed E-state index contributed by atoms with van der Waals surface area (Å²) in [4.78, 5) is 9.29. The van der Waals surface area contributed by atoms with Crippen LogP contribution in [0.1, 0.15) is 70.0 Å². The Bertz CT molecular complexity index is 432. The van der Waals surface area contributed by atoms with E-state index in [1.54, 1.807) is 0 Å². The molecule has 1 aliphatic rings. The van der Waals surface area contributed by atoms with Gasteiger partial charge in [0.2, 0.25) is 0 Å². The first-order valence-electron chi connectivity index (χ1n) is 8.24. The van der Waals surface area contributed by atoms with Crippen molar-refractivity contribution < 1.29 is 4.74 Å². The van der Waals surface area contributed by atoms with Crippen molar-refractivity contribution in [2.75, 3.05) is 12.0 Å². The van der Waals surface area contributed by atoms with E-state index in [4.69, 9.17) is 15.6 Å². The van der Waals surface area contributed by atoms with Gasteiger partial charge in [-0.1, -0.05) is 32.6 Å². The van der Waals surface area contributed by atoms with E-state index in [1.165, 1.54) is 32.1 Å². The van der Waals surface area contributed by atoms with Gasteiger partial charge in [-0.2, -0.15) is 0 Å². The number of aryl methyl sites for hydroxylation is 1. The third-order valence-corrected chi connectivity index (χ3v) is 4.13. The molecule has 0 amide bonds. The Hall–Kier alpha value is -1.20. The molecule has 1 saturated carbocycles. The summed E-state index contributed by atoms with van der Waals surface area (Å²) < 4.78 is 6.01. The van der Waals surface area contributed by atoms with Gasteiger partial charge in [0.15, 0.2) is 5.82 Å². The fourth-order valence-corrected chi connectivity index (χ4v) is 3.14. The number of hydrogen-bond acceptors (Lipinski definition) is 5. The second-order valence-electron chi connectivity index (χ2n) is 5.77. The van der Waals surface area contributed by atoms with E-state index in [2.05, 4.69) is 17.3 Å². The molecule has 5 nitrogen and oxygen atoms in total. The number of aromatic nitrogens is 2. The lowest BCUT2D eigenvalue weighted by Crippen LogP contribution is -2.23. The van der Waals surface area contributed by atoms with Gasteiger partial charge >= 0.3 is 0 Å². The first-order chi connectivity index (χ1) is 10.3. The summed E-state index contributed by atoms with van der Waals surface area (Å²) >= 11 is 0. The number of ether oxygens (including phenoxy) is 1. The molecular weight excluding hydrogens is 264 g/mol. The van der Waals surface area contributed by atoms with Crippen LogP contribution >= 0.6 is 0 Å². The second-order valence-corrected chi connectivity index (χ2v) is 5.77. The van der Waals surface area contributed by atoms with E-state index in [0.29, 0.717) is 18.3 Å². The quantitative estimate of drug-likeness (QED) is 0.595. The van der Waals surface area contributed by atoms with Gasteiger partial charge in [-0.3, -0.25) is 0 Å². The number of nitrogen functional groups attached to an aromatic ring is 1. The van der Waals surface area contributed by atoms with Crippen LogP contribution in [-0.2, 0) is 11.2 Å². The van der Waals surface area contributed by atoms with E-state index in [1.807, 2.05) is 13.0 Å². The molecule has 0 aliphatic heterocycles. The van der Waals surface area contributed by atoms with Gasteiger partial charge in [-0.05, 0) is 32.1 Å². The average Bonchev–Trinajstić information content (AvgIpc) is 2.53. The molecular formula is C16H28N4O. The van der Waals surface area contributed by atoms with E-state index in [0.717, 1.165) is 24.4 Å². The fourth-order valence-electron chi connectivity index (χ4n) is 3.14. The molecule has 21 heavy (non-hydrogen) atoms. The Labute approximate surface area is 127 Å². The Balaban J connectivity index is 2.26. The average molecular weight is 292 g/mol. The van der Waals surface area contributed by atoms with Crippen LogP contribution in [0.25, 0.3) is 0 Å². The van der Waals surface area contributed by atoms with Crippen molar-refractivity contribution in [1.29, 1.82) is 0 Å². The van der Waals surface area contributed by atoms with Crippen LogP contribution in [0.3, 0.4) is 0 Å². The zero-order chi connectivity index (χ0) is 15.1. The highest BCUT2D eigenvalue weighted by Gasteiger charge is 2.28. The lowest BCUT2D eigenvalue weighted by atomic mass is 9.85. The van der Waals surface area contributed by atoms with Gasteiger partial charge in [0, 0.05) is 18.4 Å². The monoisotopic (exact) mass is 292 g/mol. The molecule has 0 spiro atoms. The van der Waals surface area contributed by atoms with E-state index in [-0.39, 0.29) is 6.10 Å². The molecule has 1 aromatic rings. The van der Waals surface area contributed by atoms with Gasteiger partial charge in [0.05, 0.1) is 0 Å². The molecule has 1 heterocycles. The van der Waals surface area contributed by atoms with Crippen LogP contribution in [-0.4, -0.2) is 16.6 Å². The van der Waals surface area contributed by atoms with E-state index < -0.39 is 0 Å². The van der Waals surface area contributed by atoms with Gasteiger partial charge in [0.1, 0.15) is 11.9 Å². The summed E-state index contributed by atoms with van der Waals surface area (Å²) in [5.74, 6) is 7.56. The SMILES string of the molecule is CCCc1cc(NN)nc(C(OCC)C2CCCCC2)n1. The molecule has 0 bridgehead atoms. The molecule has 3 N–H and O–H groups in total. The molecule has 118 valence electrons. The third-order valence-electron chi connectivity index (χ3n) is 4.13. The van der Waals surface area contributed by atoms with Crippen LogP contribution < -0.4 is 11.3 Å². The maximum atomic E-state index is 6.01. The van der Waals surface area contributed by atoms with Crippen LogP contribution in [0, 0.1) is 5.92 Å². The maximum absolute atomic E-state index is 6.01. The Morgan fingerprint density at radius 1 is 1.29 bits per heavy atom.